The second-order valence-electron chi connectivity index (χ2n) is 9.34. The molecule has 3 aromatic heterocycles. The van der Waals surface area contributed by atoms with Gasteiger partial charge in [-0.15, -0.1) is 0 Å². The third-order valence-electron chi connectivity index (χ3n) is 6.64. The summed E-state index contributed by atoms with van der Waals surface area (Å²) >= 11 is 0. The third-order valence-corrected chi connectivity index (χ3v) is 6.64. The Morgan fingerprint density at radius 2 is 1.87 bits per heavy atom. The highest BCUT2D eigenvalue weighted by Crippen LogP contribution is 2.45. The van der Waals surface area contributed by atoms with Gasteiger partial charge in [0.1, 0.15) is 23.5 Å². The smallest absolute Gasteiger partial charge is 0.434 e. The van der Waals surface area contributed by atoms with E-state index >= 15 is 0 Å². The van der Waals surface area contributed by atoms with Crippen molar-refractivity contribution >= 4 is 5.82 Å². The zero-order valence-electron chi connectivity index (χ0n) is 20.7. The van der Waals surface area contributed by atoms with Crippen molar-refractivity contribution in [2.45, 2.75) is 44.7 Å². The van der Waals surface area contributed by atoms with Crippen LogP contribution in [0.1, 0.15) is 47.0 Å². The van der Waals surface area contributed by atoms with Crippen LogP contribution in [0.5, 0.6) is 5.88 Å². The van der Waals surface area contributed by atoms with Crippen LogP contribution in [0, 0.1) is 0 Å². The molecule has 38 heavy (non-hydrogen) atoms. The highest BCUT2D eigenvalue weighted by molar-refractivity contribution is 5.68. The molecule has 1 fully saturated rings. The number of nitrogens with zero attached hydrogens (tertiary/aromatic N) is 6. The van der Waals surface area contributed by atoms with E-state index in [1.165, 1.54) is 10.9 Å². The van der Waals surface area contributed by atoms with Crippen molar-refractivity contribution in [3.8, 4) is 28.7 Å². The molecule has 0 radical (unpaired) electrons. The van der Waals surface area contributed by atoms with E-state index in [2.05, 4.69) is 20.3 Å². The van der Waals surface area contributed by atoms with Crippen LogP contribution in [0.4, 0.5) is 19.0 Å². The summed E-state index contributed by atoms with van der Waals surface area (Å²) in [6.45, 7) is 1.22. The summed E-state index contributed by atoms with van der Waals surface area (Å²) in [6.07, 6.45) is 0.109. The van der Waals surface area contributed by atoms with Crippen LogP contribution in [-0.4, -0.2) is 36.6 Å². The number of anilines is 1. The van der Waals surface area contributed by atoms with Gasteiger partial charge in [-0.05, 0) is 18.4 Å². The molecule has 6 rings (SSSR count). The number of hydrogen-bond acceptors (Lipinski definition) is 8. The Balaban J connectivity index is 1.27. The van der Waals surface area contributed by atoms with E-state index in [0.29, 0.717) is 54.3 Å². The summed E-state index contributed by atoms with van der Waals surface area (Å²) in [4.78, 5) is 22.1. The molecule has 0 unspecified atom stereocenters. The Bertz CT molecular complexity index is 1500. The molecule has 1 aliphatic heterocycles. The third kappa shape index (κ3) is 4.55. The minimum atomic E-state index is -4.49. The molecule has 1 saturated carbocycles. The first-order chi connectivity index (χ1) is 18.3. The number of halogens is 3. The molecular weight excluding hydrogens is 499 g/mol. The standard InChI is InChI=1S/C26H24F3N7O2/c1-36-10-19(26(27,28)29)34-24(36)16-5-3-14(4-6-16)9-30-22-17-11-38-12-18(17)33-23(35-22)20-21(15-7-8-15)31-13-32-25(20)37-2/h3-6,10,13,15H,7-9,11-12H2,1-2H3,(H,30,33,35). The molecule has 1 aromatic carbocycles. The second kappa shape index (κ2) is 9.35. The summed E-state index contributed by atoms with van der Waals surface area (Å²) in [7, 11) is 3.11. The number of methoxy groups -OCH3 is 1. The van der Waals surface area contributed by atoms with Crippen LogP contribution in [-0.2, 0) is 37.7 Å². The van der Waals surface area contributed by atoms with E-state index in [-0.39, 0.29) is 5.82 Å². The number of ether oxygens (including phenoxy) is 2. The Kier molecular flexibility index (Phi) is 5.98. The van der Waals surface area contributed by atoms with Crippen molar-refractivity contribution in [2.75, 3.05) is 12.4 Å². The normalized spacial score (nSPS) is 15.0. The van der Waals surface area contributed by atoms with Gasteiger partial charge in [-0.25, -0.2) is 24.9 Å². The molecule has 12 heteroatoms. The molecule has 2 aliphatic rings. The average molecular weight is 524 g/mol. The first kappa shape index (κ1) is 24.3. The van der Waals surface area contributed by atoms with Gasteiger partial charge >= 0.3 is 6.18 Å². The molecule has 0 spiro atoms. The number of nitrogens with one attached hydrogen (secondary N) is 1. The van der Waals surface area contributed by atoms with Gasteiger partial charge in [0, 0.05) is 36.8 Å². The van der Waals surface area contributed by atoms with Gasteiger partial charge in [0.2, 0.25) is 5.88 Å². The van der Waals surface area contributed by atoms with Crippen LogP contribution in [0.25, 0.3) is 22.8 Å². The molecule has 196 valence electrons. The van der Waals surface area contributed by atoms with Gasteiger partial charge in [0.05, 0.1) is 31.7 Å². The van der Waals surface area contributed by atoms with E-state index in [0.717, 1.165) is 41.6 Å². The lowest BCUT2D eigenvalue weighted by molar-refractivity contribution is -0.140. The highest BCUT2D eigenvalue weighted by atomic mass is 19.4. The maximum atomic E-state index is 13.0. The van der Waals surface area contributed by atoms with Gasteiger partial charge in [0.15, 0.2) is 11.5 Å². The van der Waals surface area contributed by atoms with Gasteiger partial charge in [0.25, 0.3) is 0 Å². The number of benzene rings is 1. The number of alkyl halides is 3. The number of rotatable bonds is 7. The molecule has 0 saturated heterocycles. The fourth-order valence-electron chi connectivity index (χ4n) is 4.55. The van der Waals surface area contributed by atoms with Crippen LogP contribution in [0.2, 0.25) is 0 Å². The van der Waals surface area contributed by atoms with Crippen molar-refractivity contribution < 1.29 is 22.6 Å². The summed E-state index contributed by atoms with van der Waals surface area (Å²) in [5, 5.41) is 3.39. The van der Waals surface area contributed by atoms with E-state index in [4.69, 9.17) is 19.4 Å². The summed E-state index contributed by atoms with van der Waals surface area (Å²) in [5.41, 5.74) is 3.88. The predicted octanol–water partition coefficient (Wildman–Crippen LogP) is 4.88. The summed E-state index contributed by atoms with van der Waals surface area (Å²) in [5.74, 6) is 2.17. The zero-order valence-corrected chi connectivity index (χ0v) is 20.7. The quantitative estimate of drug-likeness (QED) is 0.366. The molecule has 1 aliphatic carbocycles. The Morgan fingerprint density at radius 3 is 2.55 bits per heavy atom. The summed E-state index contributed by atoms with van der Waals surface area (Å²) in [6, 6.07) is 7.21. The predicted molar refractivity (Wildman–Crippen MR) is 131 cm³/mol. The Hall–Kier alpha value is -4.06. The minimum absolute atomic E-state index is 0.248. The molecule has 0 amide bonds. The fraction of sp³-hybridized carbons (Fsp3) is 0.346. The first-order valence-electron chi connectivity index (χ1n) is 12.1. The minimum Gasteiger partial charge on any atom is -0.480 e. The van der Waals surface area contributed by atoms with Gasteiger partial charge in [-0.1, -0.05) is 24.3 Å². The van der Waals surface area contributed by atoms with Crippen molar-refractivity contribution in [3.05, 3.63) is 65.0 Å². The Labute approximate surface area is 216 Å². The average Bonchev–Trinajstić information content (AvgIpc) is 3.51. The fourth-order valence-corrected chi connectivity index (χ4v) is 4.55. The van der Waals surface area contributed by atoms with E-state index in [9.17, 15) is 13.2 Å². The topological polar surface area (TPSA) is 99.9 Å². The van der Waals surface area contributed by atoms with Crippen LogP contribution >= 0.6 is 0 Å². The van der Waals surface area contributed by atoms with Gasteiger partial charge < -0.3 is 19.4 Å². The number of aryl methyl sites for hydroxylation is 1. The van der Waals surface area contributed by atoms with Crippen LogP contribution in [0.3, 0.4) is 0 Å². The number of imidazole rings is 1. The lowest BCUT2D eigenvalue weighted by Crippen LogP contribution is -2.09. The number of fused-ring (bicyclic) bond motifs is 1. The first-order valence-corrected chi connectivity index (χ1v) is 12.1. The van der Waals surface area contributed by atoms with E-state index in [1.54, 1.807) is 26.3 Å². The van der Waals surface area contributed by atoms with E-state index < -0.39 is 11.9 Å². The maximum absolute atomic E-state index is 13.0. The molecule has 1 N–H and O–H groups in total. The van der Waals surface area contributed by atoms with E-state index in [1.807, 2.05) is 12.1 Å². The van der Waals surface area contributed by atoms with Crippen LogP contribution < -0.4 is 10.1 Å². The highest BCUT2D eigenvalue weighted by Gasteiger charge is 2.35. The van der Waals surface area contributed by atoms with Crippen molar-refractivity contribution in [2.24, 2.45) is 7.05 Å². The number of hydrogen-bond donors (Lipinski definition) is 1. The SMILES string of the molecule is COc1ncnc(C2CC2)c1-c1nc2c(c(NCc3ccc(-c4nc(C(F)(F)F)cn4C)cc3)n1)COC2. The van der Waals surface area contributed by atoms with Gasteiger partial charge in [-0.2, -0.15) is 13.2 Å². The largest absolute Gasteiger partial charge is 0.480 e. The maximum Gasteiger partial charge on any atom is 0.434 e. The molecular formula is C26H24F3N7O2. The lowest BCUT2D eigenvalue weighted by atomic mass is 10.1. The van der Waals surface area contributed by atoms with Crippen molar-refractivity contribution in [1.82, 2.24) is 29.5 Å². The van der Waals surface area contributed by atoms with Crippen LogP contribution in [0.15, 0.2) is 36.8 Å². The summed E-state index contributed by atoms with van der Waals surface area (Å²) < 4.78 is 51.7. The van der Waals surface area contributed by atoms with Crippen molar-refractivity contribution in [3.63, 3.8) is 0 Å². The van der Waals surface area contributed by atoms with Crippen molar-refractivity contribution in [1.29, 1.82) is 0 Å². The number of aromatic nitrogens is 6. The van der Waals surface area contributed by atoms with Gasteiger partial charge in [-0.3, -0.25) is 0 Å². The molecule has 9 nitrogen and oxygen atoms in total. The Morgan fingerprint density at radius 1 is 1.08 bits per heavy atom. The monoisotopic (exact) mass is 523 g/mol. The second-order valence-corrected chi connectivity index (χ2v) is 9.34. The lowest BCUT2D eigenvalue weighted by Gasteiger charge is -2.14. The molecule has 0 atom stereocenters. The molecule has 4 heterocycles. The molecule has 0 bridgehead atoms. The molecule has 4 aromatic rings. The zero-order chi connectivity index (χ0) is 26.4.